The van der Waals surface area contributed by atoms with E-state index in [1.807, 2.05) is 0 Å². The summed E-state index contributed by atoms with van der Waals surface area (Å²) in [5, 5.41) is 4.84. The van der Waals surface area contributed by atoms with Crippen LogP contribution < -0.4 is 5.32 Å². The van der Waals surface area contributed by atoms with Crippen LogP contribution >= 0.6 is 11.3 Å². The highest BCUT2D eigenvalue weighted by Gasteiger charge is 2.30. The molecule has 1 fully saturated rings. The summed E-state index contributed by atoms with van der Waals surface area (Å²) < 4.78 is 27.4. The molecule has 0 saturated heterocycles. The molecular weight excluding hydrogens is 366 g/mol. The topological polar surface area (TPSA) is 32.3 Å². The van der Waals surface area contributed by atoms with Crippen LogP contribution in [-0.4, -0.2) is 31.4 Å². The second-order valence-electron chi connectivity index (χ2n) is 7.51. The Morgan fingerprint density at radius 2 is 1.81 bits per heavy atom. The van der Waals surface area contributed by atoms with Gasteiger partial charge in [0.05, 0.1) is 0 Å². The summed E-state index contributed by atoms with van der Waals surface area (Å²) in [5.74, 6) is -1.36. The van der Waals surface area contributed by atoms with Crippen LogP contribution in [0.4, 0.5) is 8.78 Å². The summed E-state index contributed by atoms with van der Waals surface area (Å²) in [6, 6.07) is 8.19. The molecule has 1 aliphatic carbocycles. The smallest absolute Gasteiger partial charge is 0.257 e. The normalized spacial score (nSPS) is 21.2. The van der Waals surface area contributed by atoms with Crippen molar-refractivity contribution in [2.75, 3.05) is 20.6 Å². The minimum absolute atomic E-state index is 0.353. The molecule has 3 nitrogen and oxygen atoms in total. The summed E-state index contributed by atoms with van der Waals surface area (Å²) in [6.45, 7) is 0.463. The second kappa shape index (κ2) is 8.93. The number of carbonyl (C=O) groups excluding carboxylic acids is 1. The Kier molecular flexibility index (Phi) is 6.60. The third-order valence-electron chi connectivity index (χ3n) is 5.47. The van der Waals surface area contributed by atoms with E-state index in [9.17, 15) is 13.6 Å². The predicted octanol–water partition coefficient (Wildman–Crippen LogP) is 4.87. The average molecular weight is 393 g/mol. The molecule has 1 saturated carbocycles. The number of thiophene rings is 1. The van der Waals surface area contributed by atoms with Crippen molar-refractivity contribution in [3.8, 4) is 0 Å². The van der Waals surface area contributed by atoms with Crippen LogP contribution in [0.15, 0.2) is 35.7 Å². The van der Waals surface area contributed by atoms with Crippen LogP contribution in [0, 0.1) is 23.5 Å². The summed E-state index contributed by atoms with van der Waals surface area (Å²) in [7, 11) is 4.25. The lowest BCUT2D eigenvalue weighted by atomic mass is 9.77. The van der Waals surface area contributed by atoms with Crippen molar-refractivity contribution in [3.63, 3.8) is 0 Å². The van der Waals surface area contributed by atoms with E-state index in [2.05, 4.69) is 41.8 Å². The molecule has 1 heterocycles. The first kappa shape index (κ1) is 20.0. The van der Waals surface area contributed by atoms with Gasteiger partial charge in [-0.25, -0.2) is 8.78 Å². The quantitative estimate of drug-likeness (QED) is 0.761. The van der Waals surface area contributed by atoms with Gasteiger partial charge in [0.25, 0.3) is 5.91 Å². The molecule has 0 aliphatic heterocycles. The first-order valence-electron chi connectivity index (χ1n) is 9.39. The number of amides is 1. The van der Waals surface area contributed by atoms with Crippen molar-refractivity contribution < 1.29 is 13.6 Å². The Hall–Kier alpha value is -1.79. The zero-order valence-electron chi connectivity index (χ0n) is 15.8. The molecule has 27 heavy (non-hydrogen) atoms. The molecule has 1 atom stereocenters. The van der Waals surface area contributed by atoms with Crippen molar-refractivity contribution in [2.45, 2.75) is 31.7 Å². The Morgan fingerprint density at radius 1 is 1.15 bits per heavy atom. The highest BCUT2D eigenvalue weighted by molar-refractivity contribution is 7.10. The monoisotopic (exact) mass is 392 g/mol. The maximum absolute atomic E-state index is 13.7. The van der Waals surface area contributed by atoms with Crippen LogP contribution in [0.25, 0.3) is 0 Å². The van der Waals surface area contributed by atoms with Crippen LogP contribution in [-0.2, 0) is 0 Å². The molecule has 1 aliphatic rings. The van der Waals surface area contributed by atoms with Crippen molar-refractivity contribution >= 4 is 17.2 Å². The summed E-state index contributed by atoms with van der Waals surface area (Å²) in [6.07, 6.45) is 4.21. The lowest BCUT2D eigenvalue weighted by molar-refractivity contribution is 0.0926. The van der Waals surface area contributed by atoms with E-state index < -0.39 is 23.1 Å². The van der Waals surface area contributed by atoms with E-state index in [4.69, 9.17) is 0 Å². The van der Waals surface area contributed by atoms with E-state index in [1.54, 1.807) is 11.3 Å². The van der Waals surface area contributed by atoms with Crippen LogP contribution in [0.2, 0.25) is 0 Å². The number of halogens is 2. The standard InChI is InChI=1S/C21H26F2N2OS/c1-25(2)20(18-7-4-12-27-18)15-10-8-14(9-11-15)13-24-21(26)19-16(22)5-3-6-17(19)23/h3-7,12,14-15,20H,8-11,13H2,1-2H3,(H,24,26). The zero-order valence-corrected chi connectivity index (χ0v) is 16.6. The molecular formula is C21H26F2N2OS. The van der Waals surface area contributed by atoms with Gasteiger partial charge in [0.1, 0.15) is 17.2 Å². The van der Waals surface area contributed by atoms with Crippen molar-refractivity contribution in [1.29, 1.82) is 0 Å². The first-order valence-corrected chi connectivity index (χ1v) is 10.3. The van der Waals surface area contributed by atoms with E-state index >= 15 is 0 Å². The van der Waals surface area contributed by atoms with Crippen LogP contribution in [0.3, 0.4) is 0 Å². The van der Waals surface area contributed by atoms with Crippen molar-refractivity contribution in [1.82, 2.24) is 10.2 Å². The van der Waals surface area contributed by atoms with E-state index in [0.29, 0.717) is 24.4 Å². The molecule has 3 rings (SSSR count). The lowest BCUT2D eigenvalue weighted by Gasteiger charge is -2.37. The molecule has 0 radical (unpaired) electrons. The summed E-state index contributed by atoms with van der Waals surface area (Å²) in [4.78, 5) is 15.8. The minimum atomic E-state index is -0.819. The Balaban J connectivity index is 1.53. The van der Waals surface area contributed by atoms with Gasteiger partial charge < -0.3 is 10.2 Å². The van der Waals surface area contributed by atoms with Crippen molar-refractivity contribution in [2.24, 2.45) is 11.8 Å². The van der Waals surface area contributed by atoms with Gasteiger partial charge in [0, 0.05) is 17.5 Å². The predicted molar refractivity (Wildman–Crippen MR) is 105 cm³/mol. The van der Waals surface area contributed by atoms with Gasteiger partial charge in [-0.15, -0.1) is 11.3 Å². The molecule has 2 aromatic rings. The summed E-state index contributed by atoms with van der Waals surface area (Å²) in [5.41, 5.74) is -0.489. The third-order valence-corrected chi connectivity index (χ3v) is 6.41. The Morgan fingerprint density at radius 3 is 2.37 bits per heavy atom. The molecule has 6 heteroatoms. The van der Waals surface area contributed by atoms with Gasteiger partial charge in [-0.05, 0) is 75.2 Å². The maximum Gasteiger partial charge on any atom is 0.257 e. The van der Waals surface area contributed by atoms with E-state index in [1.165, 1.54) is 10.9 Å². The third kappa shape index (κ3) is 4.74. The number of carbonyl (C=O) groups is 1. The maximum atomic E-state index is 13.7. The number of rotatable bonds is 6. The number of benzene rings is 1. The largest absolute Gasteiger partial charge is 0.352 e. The molecule has 0 spiro atoms. The molecule has 1 aromatic carbocycles. The molecule has 1 unspecified atom stereocenters. The van der Waals surface area contributed by atoms with Gasteiger partial charge in [-0.1, -0.05) is 12.1 Å². The molecule has 1 amide bonds. The highest BCUT2D eigenvalue weighted by atomic mass is 32.1. The fourth-order valence-electron chi connectivity index (χ4n) is 4.12. The fraction of sp³-hybridized carbons (Fsp3) is 0.476. The Bertz CT molecular complexity index is 735. The van der Waals surface area contributed by atoms with Crippen LogP contribution in [0.1, 0.15) is 47.0 Å². The van der Waals surface area contributed by atoms with Crippen LogP contribution in [0.5, 0.6) is 0 Å². The zero-order chi connectivity index (χ0) is 19.4. The Labute approximate surface area is 163 Å². The lowest BCUT2D eigenvalue weighted by Crippen LogP contribution is -2.34. The molecule has 0 bridgehead atoms. The SMILES string of the molecule is CN(C)C(c1cccs1)C1CCC(CNC(=O)c2c(F)cccc2F)CC1. The number of nitrogens with one attached hydrogen (secondary N) is 1. The second-order valence-corrected chi connectivity index (χ2v) is 8.49. The molecule has 1 N–H and O–H groups in total. The van der Waals surface area contributed by atoms with E-state index in [-0.39, 0.29) is 0 Å². The van der Waals surface area contributed by atoms with Gasteiger partial charge in [0.15, 0.2) is 0 Å². The van der Waals surface area contributed by atoms with Gasteiger partial charge in [-0.2, -0.15) is 0 Å². The van der Waals surface area contributed by atoms with Gasteiger partial charge in [-0.3, -0.25) is 4.79 Å². The highest BCUT2D eigenvalue weighted by Crippen LogP contribution is 2.40. The average Bonchev–Trinajstić information content (AvgIpc) is 3.15. The minimum Gasteiger partial charge on any atom is -0.352 e. The number of hydrogen-bond donors (Lipinski definition) is 1. The molecule has 146 valence electrons. The van der Waals surface area contributed by atoms with Crippen molar-refractivity contribution in [3.05, 3.63) is 57.8 Å². The molecule has 1 aromatic heterocycles. The fourth-order valence-corrected chi connectivity index (χ4v) is 5.13. The van der Waals surface area contributed by atoms with Gasteiger partial charge in [0.2, 0.25) is 0 Å². The number of nitrogens with zero attached hydrogens (tertiary/aromatic N) is 1. The first-order chi connectivity index (χ1) is 13.0. The van der Waals surface area contributed by atoms with Gasteiger partial charge >= 0.3 is 0 Å². The number of hydrogen-bond acceptors (Lipinski definition) is 3. The summed E-state index contributed by atoms with van der Waals surface area (Å²) >= 11 is 1.80. The van der Waals surface area contributed by atoms with E-state index in [0.717, 1.165) is 37.8 Å².